The summed E-state index contributed by atoms with van der Waals surface area (Å²) in [5, 5.41) is 4.33. The van der Waals surface area contributed by atoms with E-state index in [1.165, 1.54) is 0 Å². The van der Waals surface area contributed by atoms with Crippen LogP contribution < -0.4 is 5.43 Å². The number of benzene rings is 2. The molecule has 1 N–H and O–H groups in total. The molecule has 120 valence electrons. The van der Waals surface area contributed by atoms with Crippen LogP contribution in [0, 0.1) is 0 Å². The summed E-state index contributed by atoms with van der Waals surface area (Å²) < 4.78 is 5.15. The van der Waals surface area contributed by atoms with Gasteiger partial charge in [-0.25, -0.2) is 5.43 Å². The predicted molar refractivity (Wildman–Crippen MR) is 95.9 cm³/mol. The SMILES string of the molecule is COC(C)C(Br)C(=O)NN=C(c1ccccc1)c1ccccc1. The fraction of sp³-hybridized carbons (Fsp3) is 0.222. The first-order valence-electron chi connectivity index (χ1n) is 7.28. The molecule has 0 radical (unpaired) electrons. The Labute approximate surface area is 144 Å². The summed E-state index contributed by atoms with van der Waals surface area (Å²) in [6, 6.07) is 19.5. The first-order valence-corrected chi connectivity index (χ1v) is 8.20. The van der Waals surface area contributed by atoms with Crippen LogP contribution in [-0.2, 0) is 9.53 Å². The highest BCUT2D eigenvalue weighted by atomic mass is 79.9. The maximum Gasteiger partial charge on any atom is 0.256 e. The Balaban J connectivity index is 2.26. The normalized spacial score (nSPS) is 13.0. The first kappa shape index (κ1) is 17.4. The summed E-state index contributed by atoms with van der Waals surface area (Å²) in [5.41, 5.74) is 5.20. The second-order valence-corrected chi connectivity index (χ2v) is 6.00. The van der Waals surface area contributed by atoms with Gasteiger partial charge >= 0.3 is 0 Å². The topological polar surface area (TPSA) is 50.7 Å². The minimum atomic E-state index is -0.468. The van der Waals surface area contributed by atoms with Crippen LogP contribution in [0.5, 0.6) is 0 Å². The van der Waals surface area contributed by atoms with Crippen LogP contribution in [0.4, 0.5) is 0 Å². The van der Waals surface area contributed by atoms with Gasteiger partial charge in [-0.05, 0) is 6.92 Å². The number of hydrazone groups is 1. The Bertz CT molecular complexity index is 618. The quantitative estimate of drug-likeness (QED) is 0.478. The number of rotatable bonds is 6. The smallest absolute Gasteiger partial charge is 0.256 e. The summed E-state index contributed by atoms with van der Waals surface area (Å²) in [6.07, 6.45) is -0.248. The molecule has 2 aromatic carbocycles. The molecule has 5 heteroatoms. The van der Waals surface area contributed by atoms with Gasteiger partial charge in [0.25, 0.3) is 5.91 Å². The molecule has 0 heterocycles. The molecule has 2 atom stereocenters. The Morgan fingerprint density at radius 1 is 1.04 bits per heavy atom. The molecule has 1 amide bonds. The van der Waals surface area contributed by atoms with Crippen molar-refractivity contribution in [1.82, 2.24) is 5.43 Å². The molecule has 4 nitrogen and oxygen atoms in total. The van der Waals surface area contributed by atoms with E-state index in [0.717, 1.165) is 11.1 Å². The Kier molecular flexibility index (Phi) is 6.50. The Morgan fingerprint density at radius 2 is 1.52 bits per heavy atom. The van der Waals surface area contributed by atoms with Crippen molar-refractivity contribution in [3.05, 3.63) is 71.8 Å². The summed E-state index contributed by atoms with van der Waals surface area (Å²) in [7, 11) is 1.56. The van der Waals surface area contributed by atoms with E-state index in [2.05, 4.69) is 26.5 Å². The lowest BCUT2D eigenvalue weighted by Gasteiger charge is -2.15. The number of amides is 1. The number of hydrogen-bond acceptors (Lipinski definition) is 3. The Morgan fingerprint density at radius 3 is 1.96 bits per heavy atom. The predicted octanol–water partition coefficient (Wildman–Crippen LogP) is 3.35. The second-order valence-electron chi connectivity index (χ2n) is 5.01. The van der Waals surface area contributed by atoms with E-state index in [1.807, 2.05) is 67.6 Å². The number of methoxy groups -OCH3 is 1. The summed E-state index contributed by atoms with van der Waals surface area (Å²) in [4.78, 5) is 11.7. The molecular formula is C18H19BrN2O2. The van der Waals surface area contributed by atoms with Crippen molar-refractivity contribution >= 4 is 27.5 Å². The Hall–Kier alpha value is -1.98. The molecular weight excluding hydrogens is 356 g/mol. The van der Waals surface area contributed by atoms with E-state index in [-0.39, 0.29) is 12.0 Å². The van der Waals surface area contributed by atoms with Gasteiger partial charge in [0.1, 0.15) is 4.83 Å². The van der Waals surface area contributed by atoms with Gasteiger partial charge in [0, 0.05) is 18.2 Å². The van der Waals surface area contributed by atoms with Crippen molar-refractivity contribution in [2.75, 3.05) is 7.11 Å². The average Bonchev–Trinajstić information content (AvgIpc) is 2.62. The van der Waals surface area contributed by atoms with Gasteiger partial charge in [0.2, 0.25) is 0 Å². The number of carbonyl (C=O) groups excluding carboxylic acids is 1. The molecule has 0 bridgehead atoms. The number of alkyl halides is 1. The summed E-state index contributed by atoms with van der Waals surface area (Å²) in [5.74, 6) is -0.247. The zero-order chi connectivity index (χ0) is 16.7. The van der Waals surface area contributed by atoms with Gasteiger partial charge < -0.3 is 4.74 Å². The van der Waals surface area contributed by atoms with Gasteiger partial charge in [-0.2, -0.15) is 5.10 Å². The van der Waals surface area contributed by atoms with E-state index in [0.29, 0.717) is 5.71 Å². The largest absolute Gasteiger partial charge is 0.380 e. The first-order chi connectivity index (χ1) is 11.1. The summed E-state index contributed by atoms with van der Waals surface area (Å²) in [6.45, 7) is 1.82. The van der Waals surface area contributed by atoms with Crippen LogP contribution in [0.15, 0.2) is 65.8 Å². The van der Waals surface area contributed by atoms with Crippen LogP contribution in [0.2, 0.25) is 0 Å². The van der Waals surface area contributed by atoms with Gasteiger partial charge in [-0.15, -0.1) is 0 Å². The number of halogens is 1. The van der Waals surface area contributed by atoms with Crippen molar-refractivity contribution < 1.29 is 9.53 Å². The fourth-order valence-electron chi connectivity index (χ4n) is 1.99. The summed E-state index contributed by atoms with van der Waals surface area (Å²) >= 11 is 3.33. The van der Waals surface area contributed by atoms with E-state index < -0.39 is 4.83 Å². The minimum Gasteiger partial charge on any atom is -0.380 e. The van der Waals surface area contributed by atoms with Crippen molar-refractivity contribution in [2.45, 2.75) is 17.9 Å². The highest BCUT2D eigenvalue weighted by Gasteiger charge is 2.21. The molecule has 0 aromatic heterocycles. The number of hydrogen-bond donors (Lipinski definition) is 1. The van der Waals surface area contributed by atoms with Gasteiger partial charge in [0.05, 0.1) is 11.8 Å². The zero-order valence-electron chi connectivity index (χ0n) is 13.1. The number of nitrogens with zero attached hydrogens (tertiary/aromatic N) is 1. The van der Waals surface area contributed by atoms with Crippen LogP contribution in [0.3, 0.4) is 0 Å². The molecule has 23 heavy (non-hydrogen) atoms. The van der Waals surface area contributed by atoms with Crippen molar-refractivity contribution in [3.8, 4) is 0 Å². The molecule has 0 spiro atoms. The van der Waals surface area contributed by atoms with E-state index in [9.17, 15) is 4.79 Å². The van der Waals surface area contributed by atoms with Crippen LogP contribution >= 0.6 is 15.9 Å². The maximum absolute atomic E-state index is 12.2. The molecule has 0 aliphatic heterocycles. The molecule has 0 saturated carbocycles. The van der Waals surface area contributed by atoms with Gasteiger partial charge in [0.15, 0.2) is 0 Å². The maximum atomic E-state index is 12.2. The highest BCUT2D eigenvalue weighted by molar-refractivity contribution is 9.10. The molecule has 2 aromatic rings. The minimum absolute atomic E-state index is 0.247. The standard InChI is InChI=1S/C18H19BrN2O2/c1-13(23-2)16(19)18(22)21-20-17(14-9-5-3-6-10-14)15-11-7-4-8-12-15/h3-13,16H,1-2H3,(H,21,22). The van der Waals surface area contributed by atoms with Crippen LogP contribution in [0.1, 0.15) is 18.1 Å². The molecule has 0 fully saturated rings. The highest BCUT2D eigenvalue weighted by Crippen LogP contribution is 2.12. The molecule has 0 aliphatic carbocycles. The second kappa shape index (κ2) is 8.60. The number of carbonyl (C=O) groups is 1. The number of ether oxygens (including phenoxy) is 1. The molecule has 2 rings (SSSR count). The van der Waals surface area contributed by atoms with Crippen molar-refractivity contribution in [1.29, 1.82) is 0 Å². The lowest BCUT2D eigenvalue weighted by atomic mass is 10.0. The number of nitrogens with one attached hydrogen (secondary N) is 1. The zero-order valence-corrected chi connectivity index (χ0v) is 14.7. The van der Waals surface area contributed by atoms with Crippen LogP contribution in [0.25, 0.3) is 0 Å². The van der Waals surface area contributed by atoms with Crippen molar-refractivity contribution in [2.24, 2.45) is 5.10 Å². The fourth-order valence-corrected chi connectivity index (χ4v) is 2.31. The molecule has 0 saturated heterocycles. The van der Waals surface area contributed by atoms with E-state index >= 15 is 0 Å². The van der Waals surface area contributed by atoms with E-state index in [4.69, 9.17) is 4.74 Å². The van der Waals surface area contributed by atoms with Crippen LogP contribution in [-0.4, -0.2) is 29.7 Å². The third-order valence-electron chi connectivity index (χ3n) is 3.41. The van der Waals surface area contributed by atoms with Gasteiger partial charge in [-0.1, -0.05) is 76.6 Å². The third kappa shape index (κ3) is 4.74. The van der Waals surface area contributed by atoms with E-state index in [1.54, 1.807) is 7.11 Å². The van der Waals surface area contributed by atoms with Crippen molar-refractivity contribution in [3.63, 3.8) is 0 Å². The molecule has 2 unspecified atom stereocenters. The lowest BCUT2D eigenvalue weighted by molar-refractivity contribution is -0.122. The monoisotopic (exact) mass is 374 g/mol. The third-order valence-corrected chi connectivity index (χ3v) is 4.57. The lowest BCUT2D eigenvalue weighted by Crippen LogP contribution is -2.36. The van der Waals surface area contributed by atoms with Gasteiger partial charge in [-0.3, -0.25) is 4.79 Å². The molecule has 0 aliphatic rings. The average molecular weight is 375 g/mol.